The smallest absolute Gasteiger partial charge is 0.378 e. The summed E-state index contributed by atoms with van der Waals surface area (Å²) in [5, 5.41) is 0. The van der Waals surface area contributed by atoms with E-state index in [1.165, 1.54) is 0 Å². The quantitative estimate of drug-likeness (QED) is 0.449. The summed E-state index contributed by atoms with van der Waals surface area (Å²) in [5.41, 5.74) is 0. The van der Waals surface area contributed by atoms with Crippen LogP contribution in [0.2, 0.25) is 0 Å². The van der Waals surface area contributed by atoms with Gasteiger partial charge >= 0.3 is 8.11 Å². The van der Waals surface area contributed by atoms with E-state index in [4.69, 9.17) is 20.7 Å². The second kappa shape index (κ2) is 3.42. The van der Waals surface area contributed by atoms with Gasteiger partial charge in [0.25, 0.3) is 0 Å². The van der Waals surface area contributed by atoms with Crippen LogP contribution in [0.4, 0.5) is 0 Å². The highest BCUT2D eigenvalue weighted by molar-refractivity contribution is 7.07. The number of hydrogen-bond acceptors (Lipinski definition) is 3. The maximum atomic E-state index is 8.39. The number of rotatable bonds is 3. The third-order valence-electron chi connectivity index (χ3n) is 0.490. The van der Waals surface area contributed by atoms with Crippen molar-refractivity contribution in [1.82, 2.24) is 0 Å². The lowest BCUT2D eigenvalue weighted by Gasteiger charge is -2.06. The first-order chi connectivity index (χ1) is 3.56. The Morgan fingerprint density at radius 3 is 2.25 bits per heavy atom. The van der Waals surface area contributed by atoms with Crippen molar-refractivity contribution in [2.75, 3.05) is 6.61 Å². The SMILES string of the molecule is CCCO[Si](O)(O)Cl. The van der Waals surface area contributed by atoms with Gasteiger partial charge in [-0.05, 0) is 6.42 Å². The molecule has 0 aliphatic carbocycles. The predicted octanol–water partition coefficient (Wildman–Crippen LogP) is 0.0720. The van der Waals surface area contributed by atoms with Crippen molar-refractivity contribution >= 4 is 19.2 Å². The highest BCUT2D eigenvalue weighted by Crippen LogP contribution is 2.00. The van der Waals surface area contributed by atoms with E-state index in [1.807, 2.05) is 6.92 Å². The van der Waals surface area contributed by atoms with E-state index in [9.17, 15) is 0 Å². The van der Waals surface area contributed by atoms with Gasteiger partial charge in [0.15, 0.2) is 0 Å². The van der Waals surface area contributed by atoms with Crippen LogP contribution in [-0.2, 0) is 4.43 Å². The minimum absolute atomic E-state index is 0.308. The molecule has 0 amide bonds. The van der Waals surface area contributed by atoms with Crippen molar-refractivity contribution in [2.24, 2.45) is 0 Å². The van der Waals surface area contributed by atoms with Gasteiger partial charge in [0.1, 0.15) is 0 Å². The third kappa shape index (κ3) is 6.39. The van der Waals surface area contributed by atoms with Crippen molar-refractivity contribution in [3.05, 3.63) is 0 Å². The van der Waals surface area contributed by atoms with Crippen molar-refractivity contribution in [1.29, 1.82) is 0 Å². The second-order valence-electron chi connectivity index (χ2n) is 1.38. The van der Waals surface area contributed by atoms with Crippen LogP contribution in [0.3, 0.4) is 0 Å². The maximum absolute atomic E-state index is 8.39. The fourth-order valence-corrected chi connectivity index (χ4v) is 0.927. The van der Waals surface area contributed by atoms with E-state index in [1.54, 1.807) is 0 Å². The molecule has 0 aliphatic rings. The standard InChI is InChI=1S/C3H9ClO3Si/c1-2-3-7-8(4,5)6/h5-6H,2-3H2,1H3. The Morgan fingerprint density at radius 1 is 1.62 bits per heavy atom. The lowest BCUT2D eigenvalue weighted by Crippen LogP contribution is -2.31. The van der Waals surface area contributed by atoms with Gasteiger partial charge in [-0.25, -0.2) is 0 Å². The van der Waals surface area contributed by atoms with Crippen molar-refractivity contribution < 1.29 is 14.0 Å². The Hall–Kier alpha value is 0.387. The molecule has 50 valence electrons. The van der Waals surface area contributed by atoms with Gasteiger partial charge in [-0.1, -0.05) is 18.0 Å². The van der Waals surface area contributed by atoms with E-state index in [0.29, 0.717) is 6.61 Å². The highest BCUT2D eigenvalue weighted by Gasteiger charge is 2.28. The summed E-state index contributed by atoms with van der Waals surface area (Å²) >= 11 is 4.94. The van der Waals surface area contributed by atoms with Gasteiger partial charge < -0.3 is 14.0 Å². The van der Waals surface area contributed by atoms with Crippen LogP contribution in [0.25, 0.3) is 0 Å². The summed E-state index contributed by atoms with van der Waals surface area (Å²) in [7, 11) is -3.71. The first-order valence-corrected chi connectivity index (χ1v) is 5.15. The zero-order chi connectivity index (χ0) is 6.62. The predicted molar refractivity (Wildman–Crippen MR) is 32.3 cm³/mol. The van der Waals surface area contributed by atoms with Gasteiger partial charge in [0, 0.05) is 6.61 Å². The summed E-state index contributed by atoms with van der Waals surface area (Å²) < 4.78 is 4.39. The first kappa shape index (κ1) is 8.39. The van der Waals surface area contributed by atoms with Crippen molar-refractivity contribution in [3.8, 4) is 0 Å². The van der Waals surface area contributed by atoms with E-state index in [0.717, 1.165) is 6.42 Å². The Balaban J connectivity index is 3.11. The molecule has 0 atom stereocenters. The Kier molecular flexibility index (Phi) is 3.59. The molecule has 0 unspecified atom stereocenters. The maximum Gasteiger partial charge on any atom is 0.607 e. The Bertz CT molecular complexity index is 62.0. The summed E-state index contributed by atoms with van der Waals surface area (Å²) in [4.78, 5) is 16.8. The van der Waals surface area contributed by atoms with Gasteiger partial charge in [-0.15, -0.1) is 0 Å². The van der Waals surface area contributed by atoms with Crippen LogP contribution in [0, 0.1) is 0 Å². The molecule has 0 saturated heterocycles. The average Bonchev–Trinajstić information content (AvgIpc) is 1.59. The molecule has 0 spiro atoms. The molecule has 0 rings (SSSR count). The molecule has 0 aromatic rings. The molecular formula is C3H9ClO3Si. The van der Waals surface area contributed by atoms with Crippen LogP contribution >= 0.6 is 11.1 Å². The van der Waals surface area contributed by atoms with Gasteiger partial charge in [0.2, 0.25) is 0 Å². The summed E-state index contributed by atoms with van der Waals surface area (Å²) in [6.45, 7) is 2.17. The molecule has 0 saturated carbocycles. The fourth-order valence-electron chi connectivity index (χ4n) is 0.232. The molecule has 8 heavy (non-hydrogen) atoms. The molecule has 0 bridgehead atoms. The van der Waals surface area contributed by atoms with Gasteiger partial charge in [-0.2, -0.15) is 0 Å². The summed E-state index contributed by atoms with van der Waals surface area (Å²) in [5.74, 6) is 0. The van der Waals surface area contributed by atoms with Crippen LogP contribution in [0.15, 0.2) is 0 Å². The molecule has 0 fully saturated rings. The highest BCUT2D eigenvalue weighted by atomic mass is 35.6. The van der Waals surface area contributed by atoms with Crippen LogP contribution in [0.1, 0.15) is 13.3 Å². The topological polar surface area (TPSA) is 49.7 Å². The molecule has 5 heteroatoms. The van der Waals surface area contributed by atoms with Crippen molar-refractivity contribution in [3.63, 3.8) is 0 Å². The second-order valence-corrected chi connectivity index (χ2v) is 4.20. The average molecular weight is 157 g/mol. The molecule has 0 heterocycles. The zero-order valence-corrected chi connectivity index (χ0v) is 6.35. The van der Waals surface area contributed by atoms with E-state index in [-0.39, 0.29) is 0 Å². The molecule has 0 aromatic heterocycles. The first-order valence-electron chi connectivity index (χ1n) is 2.34. The molecule has 0 radical (unpaired) electrons. The van der Waals surface area contributed by atoms with E-state index >= 15 is 0 Å². The Morgan fingerprint density at radius 2 is 2.12 bits per heavy atom. The molecule has 3 nitrogen and oxygen atoms in total. The Labute approximate surface area is 53.9 Å². The summed E-state index contributed by atoms with van der Waals surface area (Å²) in [6, 6.07) is 0. The largest absolute Gasteiger partial charge is 0.607 e. The lowest BCUT2D eigenvalue weighted by atomic mass is 10.5. The monoisotopic (exact) mass is 156 g/mol. The van der Waals surface area contributed by atoms with Crippen molar-refractivity contribution in [2.45, 2.75) is 13.3 Å². The van der Waals surface area contributed by atoms with E-state index < -0.39 is 8.11 Å². The van der Waals surface area contributed by atoms with Crippen LogP contribution in [-0.4, -0.2) is 24.3 Å². The number of halogens is 1. The molecule has 0 aliphatic heterocycles. The lowest BCUT2D eigenvalue weighted by molar-refractivity contribution is 0.173. The molecular weight excluding hydrogens is 148 g/mol. The zero-order valence-electron chi connectivity index (χ0n) is 4.59. The third-order valence-corrected chi connectivity index (χ3v) is 1.39. The number of hydrogen-bond donors (Lipinski definition) is 2. The van der Waals surface area contributed by atoms with Gasteiger partial charge in [0.05, 0.1) is 0 Å². The fraction of sp³-hybridized carbons (Fsp3) is 1.00. The minimum Gasteiger partial charge on any atom is -0.378 e. The van der Waals surface area contributed by atoms with Crippen LogP contribution in [0.5, 0.6) is 0 Å². The normalized spacial score (nSPS) is 12.0. The molecule has 2 N–H and O–H groups in total. The van der Waals surface area contributed by atoms with E-state index in [2.05, 4.69) is 4.43 Å². The minimum atomic E-state index is -3.71. The summed E-state index contributed by atoms with van der Waals surface area (Å²) in [6.07, 6.45) is 0.739. The van der Waals surface area contributed by atoms with Crippen LogP contribution < -0.4 is 0 Å². The van der Waals surface area contributed by atoms with Gasteiger partial charge in [-0.3, -0.25) is 0 Å². The molecule has 0 aromatic carbocycles.